The van der Waals surface area contributed by atoms with Crippen LogP contribution in [-0.2, 0) is 4.74 Å². The third kappa shape index (κ3) is 2.68. The molecule has 18 heavy (non-hydrogen) atoms. The van der Waals surface area contributed by atoms with Crippen LogP contribution in [0.15, 0.2) is 18.2 Å². The first-order valence-corrected chi connectivity index (χ1v) is 6.09. The lowest BCUT2D eigenvalue weighted by Gasteiger charge is -2.34. The maximum Gasteiger partial charge on any atom is 0.132 e. The van der Waals surface area contributed by atoms with Crippen LogP contribution in [0, 0.1) is 11.6 Å². The average Bonchev–Trinajstić information content (AvgIpc) is 2.38. The number of likely N-dealkylation sites (N-methyl/N-ethyl adjacent to an activating group) is 1. The van der Waals surface area contributed by atoms with Crippen molar-refractivity contribution in [1.82, 2.24) is 4.90 Å². The summed E-state index contributed by atoms with van der Waals surface area (Å²) in [5.74, 6) is -1.47. The summed E-state index contributed by atoms with van der Waals surface area (Å²) in [7, 11) is 0. The number of benzene rings is 1. The largest absolute Gasteiger partial charge is 0.385 e. The van der Waals surface area contributed by atoms with E-state index < -0.39 is 23.8 Å². The van der Waals surface area contributed by atoms with Gasteiger partial charge in [0.1, 0.15) is 23.8 Å². The van der Waals surface area contributed by atoms with E-state index in [9.17, 15) is 13.9 Å². The van der Waals surface area contributed by atoms with Gasteiger partial charge in [0.15, 0.2) is 0 Å². The molecule has 0 aliphatic carbocycles. The summed E-state index contributed by atoms with van der Waals surface area (Å²) in [5.41, 5.74) is -0.305. The SMILES string of the molecule is CCN1CCOC(C(O)c2c(F)cccc2F)C1. The average molecular weight is 257 g/mol. The number of rotatable bonds is 3. The smallest absolute Gasteiger partial charge is 0.132 e. The Labute approximate surface area is 105 Å². The lowest BCUT2D eigenvalue weighted by molar-refractivity contribution is -0.0906. The van der Waals surface area contributed by atoms with Crippen molar-refractivity contribution in [3.05, 3.63) is 35.4 Å². The summed E-state index contributed by atoms with van der Waals surface area (Å²) in [5, 5.41) is 10.1. The van der Waals surface area contributed by atoms with Gasteiger partial charge in [-0.2, -0.15) is 0 Å². The first kappa shape index (κ1) is 13.4. The second-order valence-electron chi connectivity index (χ2n) is 4.38. The van der Waals surface area contributed by atoms with Crippen LogP contribution in [0.4, 0.5) is 8.78 Å². The quantitative estimate of drug-likeness (QED) is 0.895. The molecule has 0 bridgehead atoms. The van der Waals surface area contributed by atoms with Gasteiger partial charge >= 0.3 is 0 Å². The number of aliphatic hydroxyl groups is 1. The molecular formula is C13H17F2NO2. The number of hydrogen-bond acceptors (Lipinski definition) is 3. The number of nitrogens with zero attached hydrogens (tertiary/aromatic N) is 1. The monoisotopic (exact) mass is 257 g/mol. The van der Waals surface area contributed by atoms with Gasteiger partial charge in [-0.3, -0.25) is 4.90 Å². The molecule has 1 aromatic rings. The van der Waals surface area contributed by atoms with Gasteiger partial charge in [-0.05, 0) is 18.7 Å². The zero-order chi connectivity index (χ0) is 13.1. The molecule has 0 saturated carbocycles. The molecule has 1 aromatic carbocycles. The minimum atomic E-state index is -1.28. The molecule has 1 saturated heterocycles. The molecule has 0 radical (unpaired) electrons. The Bertz CT molecular complexity index is 394. The van der Waals surface area contributed by atoms with E-state index in [0.29, 0.717) is 13.2 Å². The van der Waals surface area contributed by atoms with Crippen LogP contribution in [-0.4, -0.2) is 42.4 Å². The van der Waals surface area contributed by atoms with E-state index in [2.05, 4.69) is 4.90 Å². The molecule has 0 amide bonds. The van der Waals surface area contributed by atoms with E-state index in [1.54, 1.807) is 0 Å². The van der Waals surface area contributed by atoms with Gasteiger partial charge in [-0.15, -0.1) is 0 Å². The van der Waals surface area contributed by atoms with Gasteiger partial charge in [0.05, 0.1) is 12.2 Å². The van der Waals surface area contributed by atoms with Crippen molar-refractivity contribution >= 4 is 0 Å². The Morgan fingerprint density at radius 2 is 2.11 bits per heavy atom. The Kier molecular flexibility index (Phi) is 4.27. The molecule has 0 spiro atoms. The van der Waals surface area contributed by atoms with Crippen LogP contribution < -0.4 is 0 Å². The number of ether oxygens (including phenoxy) is 1. The maximum absolute atomic E-state index is 13.6. The summed E-state index contributed by atoms with van der Waals surface area (Å²) in [4.78, 5) is 2.08. The minimum absolute atomic E-state index is 0.305. The first-order chi connectivity index (χ1) is 8.63. The van der Waals surface area contributed by atoms with Crippen LogP contribution in [0.5, 0.6) is 0 Å². The molecule has 1 aliphatic rings. The van der Waals surface area contributed by atoms with E-state index in [1.807, 2.05) is 6.92 Å². The highest BCUT2D eigenvalue weighted by molar-refractivity contribution is 5.23. The summed E-state index contributed by atoms with van der Waals surface area (Å²) < 4.78 is 32.5. The van der Waals surface area contributed by atoms with E-state index in [0.717, 1.165) is 25.2 Å². The van der Waals surface area contributed by atoms with Crippen LogP contribution in [0.3, 0.4) is 0 Å². The topological polar surface area (TPSA) is 32.7 Å². The fourth-order valence-corrected chi connectivity index (χ4v) is 2.19. The number of halogens is 2. The minimum Gasteiger partial charge on any atom is -0.385 e. The molecule has 2 unspecified atom stereocenters. The molecule has 5 heteroatoms. The van der Waals surface area contributed by atoms with Crippen molar-refractivity contribution in [2.24, 2.45) is 0 Å². The zero-order valence-electron chi connectivity index (χ0n) is 10.3. The molecule has 1 N–H and O–H groups in total. The molecule has 0 aromatic heterocycles. The van der Waals surface area contributed by atoms with E-state index in [-0.39, 0.29) is 5.56 Å². The number of hydrogen-bond donors (Lipinski definition) is 1. The fourth-order valence-electron chi connectivity index (χ4n) is 2.19. The van der Waals surface area contributed by atoms with E-state index in [1.165, 1.54) is 6.07 Å². The Morgan fingerprint density at radius 1 is 1.44 bits per heavy atom. The van der Waals surface area contributed by atoms with Crippen LogP contribution in [0.2, 0.25) is 0 Å². The van der Waals surface area contributed by atoms with Gasteiger partial charge in [-0.1, -0.05) is 13.0 Å². The molecule has 1 heterocycles. The second kappa shape index (κ2) is 5.73. The molecule has 3 nitrogen and oxygen atoms in total. The molecular weight excluding hydrogens is 240 g/mol. The third-order valence-corrected chi connectivity index (χ3v) is 3.27. The fraction of sp³-hybridized carbons (Fsp3) is 0.538. The van der Waals surface area contributed by atoms with Crippen molar-refractivity contribution in [1.29, 1.82) is 0 Å². The van der Waals surface area contributed by atoms with Crippen molar-refractivity contribution in [2.45, 2.75) is 19.1 Å². The summed E-state index contributed by atoms with van der Waals surface area (Å²) in [6, 6.07) is 3.56. The second-order valence-corrected chi connectivity index (χ2v) is 4.38. The Morgan fingerprint density at radius 3 is 2.72 bits per heavy atom. The van der Waals surface area contributed by atoms with Crippen molar-refractivity contribution in [3.63, 3.8) is 0 Å². The van der Waals surface area contributed by atoms with Crippen molar-refractivity contribution < 1.29 is 18.6 Å². The highest BCUT2D eigenvalue weighted by Gasteiger charge is 2.30. The molecule has 2 rings (SSSR count). The Hall–Kier alpha value is -1.04. The summed E-state index contributed by atoms with van der Waals surface area (Å²) in [6.07, 6.45) is -1.87. The predicted octanol–water partition coefficient (Wildman–Crippen LogP) is 1.72. The first-order valence-electron chi connectivity index (χ1n) is 6.09. The molecule has 1 fully saturated rings. The van der Waals surface area contributed by atoms with E-state index in [4.69, 9.17) is 4.74 Å². The standard InChI is InChI=1S/C13H17F2NO2/c1-2-16-6-7-18-11(8-16)13(17)12-9(14)4-3-5-10(12)15/h3-5,11,13,17H,2,6-8H2,1H3. The van der Waals surface area contributed by atoms with Crippen molar-refractivity contribution in [2.75, 3.05) is 26.2 Å². The van der Waals surface area contributed by atoms with E-state index >= 15 is 0 Å². The zero-order valence-corrected chi connectivity index (χ0v) is 10.3. The molecule has 100 valence electrons. The van der Waals surface area contributed by atoms with Crippen LogP contribution >= 0.6 is 0 Å². The summed E-state index contributed by atoms with van der Waals surface area (Å²) >= 11 is 0. The lowest BCUT2D eigenvalue weighted by Crippen LogP contribution is -2.45. The lowest BCUT2D eigenvalue weighted by atomic mass is 10.0. The highest BCUT2D eigenvalue weighted by Crippen LogP contribution is 2.26. The summed E-state index contributed by atoms with van der Waals surface area (Å²) in [6.45, 7) is 4.54. The van der Waals surface area contributed by atoms with Gasteiger partial charge in [0.2, 0.25) is 0 Å². The van der Waals surface area contributed by atoms with Gasteiger partial charge in [-0.25, -0.2) is 8.78 Å². The molecule has 1 aliphatic heterocycles. The van der Waals surface area contributed by atoms with Gasteiger partial charge < -0.3 is 9.84 Å². The van der Waals surface area contributed by atoms with Crippen molar-refractivity contribution in [3.8, 4) is 0 Å². The van der Waals surface area contributed by atoms with Crippen LogP contribution in [0.1, 0.15) is 18.6 Å². The molecule has 2 atom stereocenters. The third-order valence-electron chi connectivity index (χ3n) is 3.27. The maximum atomic E-state index is 13.6. The van der Waals surface area contributed by atoms with Gasteiger partial charge in [0.25, 0.3) is 0 Å². The number of aliphatic hydroxyl groups excluding tert-OH is 1. The predicted molar refractivity (Wildman–Crippen MR) is 63.2 cm³/mol. The highest BCUT2D eigenvalue weighted by atomic mass is 19.1. The van der Waals surface area contributed by atoms with Gasteiger partial charge in [0, 0.05) is 13.1 Å². The van der Waals surface area contributed by atoms with Crippen LogP contribution in [0.25, 0.3) is 0 Å². The normalized spacial score (nSPS) is 23.0. The number of morpholine rings is 1. The Balaban J connectivity index is 2.17.